The molecule has 0 heterocycles. The molecule has 92 valence electrons. The van der Waals surface area contributed by atoms with Crippen molar-refractivity contribution in [2.75, 3.05) is 0 Å². The van der Waals surface area contributed by atoms with Gasteiger partial charge < -0.3 is 0 Å². The van der Waals surface area contributed by atoms with Crippen molar-refractivity contribution in [2.24, 2.45) is 0 Å². The van der Waals surface area contributed by atoms with E-state index >= 15 is 0 Å². The third-order valence-corrected chi connectivity index (χ3v) is 2.95. The second-order valence-corrected chi connectivity index (χ2v) is 4.23. The molecule has 0 aliphatic rings. The van der Waals surface area contributed by atoms with Gasteiger partial charge in [0.2, 0.25) is 0 Å². The number of carbonyl (C=O) groups excluding carboxylic acids is 1. The zero-order valence-electron chi connectivity index (χ0n) is 9.24. The highest BCUT2D eigenvalue weighted by molar-refractivity contribution is 6.33. The van der Waals surface area contributed by atoms with E-state index in [4.69, 9.17) is 11.6 Å². The van der Waals surface area contributed by atoms with E-state index < -0.39 is 22.8 Å². The fourth-order valence-corrected chi connectivity index (χ4v) is 1.84. The number of benzene rings is 2. The van der Waals surface area contributed by atoms with Gasteiger partial charge in [0.15, 0.2) is 5.78 Å². The molecule has 0 fully saturated rings. The quantitative estimate of drug-likeness (QED) is 0.603. The zero-order valence-corrected chi connectivity index (χ0v) is 9.99. The predicted octanol–water partition coefficient (Wildman–Crippen LogP) is 4.13. The molecule has 2 aromatic carbocycles. The minimum absolute atomic E-state index is 0.194. The monoisotopic (exact) mass is 266 g/mol. The van der Waals surface area contributed by atoms with Gasteiger partial charge in [0, 0.05) is 5.56 Å². The summed E-state index contributed by atoms with van der Waals surface area (Å²) in [4.78, 5) is 12.0. The van der Waals surface area contributed by atoms with E-state index in [-0.39, 0.29) is 5.56 Å². The first-order valence-electron chi connectivity index (χ1n) is 5.27. The highest BCUT2D eigenvalue weighted by Crippen LogP contribution is 2.25. The van der Waals surface area contributed by atoms with Crippen LogP contribution in [0.5, 0.6) is 0 Å². The van der Waals surface area contributed by atoms with Crippen LogP contribution in [0, 0.1) is 11.6 Å². The summed E-state index contributed by atoms with van der Waals surface area (Å²) in [5, 5.41) is -0.951. The molecule has 0 saturated heterocycles. The maximum absolute atomic E-state index is 13.0. The third kappa shape index (κ3) is 2.74. The topological polar surface area (TPSA) is 17.1 Å². The van der Waals surface area contributed by atoms with E-state index in [9.17, 15) is 13.6 Å². The summed E-state index contributed by atoms with van der Waals surface area (Å²) in [5.41, 5.74) is 0.673. The Bertz CT molecular complexity index is 566. The second kappa shape index (κ2) is 5.27. The molecule has 4 heteroatoms. The second-order valence-electron chi connectivity index (χ2n) is 3.79. The molecule has 2 rings (SSSR count). The van der Waals surface area contributed by atoms with Crippen LogP contribution in [0.3, 0.4) is 0 Å². The largest absolute Gasteiger partial charge is 0.292 e. The summed E-state index contributed by atoms with van der Waals surface area (Å²) >= 11 is 6.00. The van der Waals surface area contributed by atoms with Gasteiger partial charge in [-0.25, -0.2) is 8.78 Å². The molecule has 0 radical (unpaired) electrons. The van der Waals surface area contributed by atoms with E-state index in [1.54, 1.807) is 0 Å². The van der Waals surface area contributed by atoms with Crippen molar-refractivity contribution in [1.82, 2.24) is 0 Å². The first-order valence-corrected chi connectivity index (χ1v) is 5.71. The molecule has 0 aliphatic carbocycles. The normalized spacial score (nSPS) is 12.2. The lowest BCUT2D eigenvalue weighted by molar-refractivity contribution is 0.0986. The van der Waals surface area contributed by atoms with Crippen LogP contribution < -0.4 is 0 Å². The van der Waals surface area contributed by atoms with Crippen molar-refractivity contribution < 1.29 is 13.6 Å². The average Bonchev–Trinajstić information content (AvgIpc) is 2.38. The van der Waals surface area contributed by atoms with E-state index in [0.717, 1.165) is 6.07 Å². The number of hydrogen-bond donors (Lipinski definition) is 0. The van der Waals surface area contributed by atoms with E-state index in [2.05, 4.69) is 0 Å². The molecule has 0 bridgehead atoms. The van der Waals surface area contributed by atoms with Crippen LogP contribution in [0.2, 0.25) is 0 Å². The standard InChI is InChI=1S/C14H9ClF2O/c15-13(9-4-6-11(16)7-5-9)14(18)10-2-1-3-12(17)8-10/h1-8,13H. The Kier molecular flexibility index (Phi) is 3.72. The zero-order chi connectivity index (χ0) is 13.1. The molecule has 0 aliphatic heterocycles. The summed E-state index contributed by atoms with van der Waals surface area (Å²) in [6, 6.07) is 10.6. The first kappa shape index (κ1) is 12.7. The summed E-state index contributed by atoms with van der Waals surface area (Å²) in [5.74, 6) is -1.31. The van der Waals surface area contributed by atoms with Gasteiger partial charge in [0.1, 0.15) is 17.0 Å². The van der Waals surface area contributed by atoms with Gasteiger partial charge in [-0.2, -0.15) is 0 Å². The minimum atomic E-state index is -0.951. The molecule has 0 N–H and O–H groups in total. The fourth-order valence-electron chi connectivity index (χ4n) is 1.57. The molecule has 18 heavy (non-hydrogen) atoms. The third-order valence-electron chi connectivity index (χ3n) is 2.50. The lowest BCUT2D eigenvalue weighted by atomic mass is 10.0. The Balaban J connectivity index is 2.26. The van der Waals surface area contributed by atoms with Crippen LogP contribution in [0.1, 0.15) is 21.3 Å². The van der Waals surface area contributed by atoms with Gasteiger partial charge in [0.25, 0.3) is 0 Å². The molecular formula is C14H9ClF2O. The summed E-state index contributed by atoms with van der Waals surface area (Å²) < 4.78 is 25.8. The van der Waals surface area contributed by atoms with Gasteiger partial charge >= 0.3 is 0 Å². The van der Waals surface area contributed by atoms with Crippen LogP contribution in [0.25, 0.3) is 0 Å². The molecule has 0 aromatic heterocycles. The summed E-state index contributed by atoms with van der Waals surface area (Å²) in [6.45, 7) is 0. The molecule has 2 aromatic rings. The van der Waals surface area contributed by atoms with E-state index in [1.165, 1.54) is 42.5 Å². The van der Waals surface area contributed by atoms with Crippen molar-refractivity contribution >= 4 is 17.4 Å². The van der Waals surface area contributed by atoms with Crippen molar-refractivity contribution in [1.29, 1.82) is 0 Å². The SMILES string of the molecule is O=C(c1cccc(F)c1)C(Cl)c1ccc(F)cc1. The fraction of sp³-hybridized carbons (Fsp3) is 0.0714. The van der Waals surface area contributed by atoms with Crippen LogP contribution in [0.4, 0.5) is 8.78 Å². The Morgan fingerprint density at radius 3 is 2.28 bits per heavy atom. The van der Waals surface area contributed by atoms with Crippen molar-refractivity contribution in [3.63, 3.8) is 0 Å². The van der Waals surface area contributed by atoms with Crippen molar-refractivity contribution in [2.45, 2.75) is 5.38 Å². The number of carbonyl (C=O) groups is 1. The maximum atomic E-state index is 13.0. The van der Waals surface area contributed by atoms with Gasteiger partial charge in [-0.1, -0.05) is 24.3 Å². The summed E-state index contributed by atoms with van der Waals surface area (Å²) in [6.07, 6.45) is 0. The van der Waals surface area contributed by atoms with Gasteiger partial charge in [-0.05, 0) is 29.8 Å². The number of ketones is 1. The summed E-state index contributed by atoms with van der Waals surface area (Å²) in [7, 11) is 0. The van der Waals surface area contributed by atoms with Crippen LogP contribution in [-0.4, -0.2) is 5.78 Å². The van der Waals surface area contributed by atoms with Gasteiger partial charge in [-0.15, -0.1) is 11.6 Å². The van der Waals surface area contributed by atoms with Crippen molar-refractivity contribution in [3.05, 3.63) is 71.3 Å². The van der Waals surface area contributed by atoms with E-state index in [1.807, 2.05) is 0 Å². The average molecular weight is 267 g/mol. The highest BCUT2D eigenvalue weighted by Gasteiger charge is 2.19. The number of alkyl halides is 1. The Labute approximate surface area is 108 Å². The molecule has 0 saturated carbocycles. The highest BCUT2D eigenvalue weighted by atomic mass is 35.5. The van der Waals surface area contributed by atoms with Crippen LogP contribution in [-0.2, 0) is 0 Å². The smallest absolute Gasteiger partial charge is 0.185 e. The minimum Gasteiger partial charge on any atom is -0.292 e. The van der Waals surface area contributed by atoms with Gasteiger partial charge in [0.05, 0.1) is 0 Å². The molecular weight excluding hydrogens is 258 g/mol. The van der Waals surface area contributed by atoms with Crippen LogP contribution in [0.15, 0.2) is 48.5 Å². The van der Waals surface area contributed by atoms with Gasteiger partial charge in [-0.3, -0.25) is 4.79 Å². The molecule has 0 spiro atoms. The van der Waals surface area contributed by atoms with E-state index in [0.29, 0.717) is 5.56 Å². The number of halogens is 3. The Morgan fingerprint density at radius 2 is 1.67 bits per heavy atom. The first-order chi connectivity index (χ1) is 8.58. The number of Topliss-reactive ketones (excluding diaryl/α,β-unsaturated/α-hetero) is 1. The molecule has 1 nitrogen and oxygen atoms in total. The Morgan fingerprint density at radius 1 is 1.00 bits per heavy atom. The maximum Gasteiger partial charge on any atom is 0.185 e. The molecule has 1 atom stereocenters. The number of hydrogen-bond acceptors (Lipinski definition) is 1. The number of rotatable bonds is 3. The van der Waals surface area contributed by atoms with Crippen molar-refractivity contribution in [3.8, 4) is 0 Å². The predicted molar refractivity (Wildman–Crippen MR) is 65.7 cm³/mol. The molecule has 1 unspecified atom stereocenters. The lowest BCUT2D eigenvalue weighted by Gasteiger charge is -2.09. The lowest BCUT2D eigenvalue weighted by Crippen LogP contribution is -2.07. The Hall–Kier alpha value is -1.74. The van der Waals surface area contributed by atoms with Crippen LogP contribution >= 0.6 is 11.6 Å². The molecule has 0 amide bonds.